The van der Waals surface area contributed by atoms with Crippen LogP contribution in [0.15, 0.2) is 52.4 Å². The molecule has 0 fully saturated rings. The topological polar surface area (TPSA) is 84.0 Å². The molecule has 2 N–H and O–H groups in total. The maximum Gasteiger partial charge on any atom is 0.243 e. The molecule has 0 saturated heterocycles. The second-order valence-electron chi connectivity index (χ2n) is 4.12. The monoisotopic (exact) mass is 380 g/mol. The number of halogens is 1. The molecule has 8 heteroatoms. The molecule has 0 bridgehead atoms. The standard InChI is InChI=1S/C14H13BrN4O2S/c15-10-4-1-2-5-11(10)19-12(20)8-18-13(21)9-22-14-16-6-3-7-17-14/h1-7H,8-9H2,(H,18,21)(H,19,20). The summed E-state index contributed by atoms with van der Waals surface area (Å²) in [5, 5.41) is 5.78. The van der Waals surface area contributed by atoms with Crippen LogP contribution in [0, 0.1) is 0 Å². The minimum atomic E-state index is -0.291. The summed E-state index contributed by atoms with van der Waals surface area (Å²) in [6.07, 6.45) is 3.22. The summed E-state index contributed by atoms with van der Waals surface area (Å²) >= 11 is 4.55. The van der Waals surface area contributed by atoms with Crippen LogP contribution < -0.4 is 10.6 Å². The Morgan fingerprint density at radius 2 is 1.82 bits per heavy atom. The molecule has 0 atom stereocenters. The lowest BCUT2D eigenvalue weighted by Gasteiger charge is -2.08. The number of benzene rings is 1. The molecule has 0 radical (unpaired) electrons. The fraction of sp³-hybridized carbons (Fsp3) is 0.143. The number of carbonyl (C=O) groups is 2. The van der Waals surface area contributed by atoms with Crippen LogP contribution in [0.1, 0.15) is 0 Å². The highest BCUT2D eigenvalue weighted by atomic mass is 79.9. The Labute approximate surface area is 140 Å². The number of para-hydroxylation sites is 1. The van der Waals surface area contributed by atoms with E-state index in [0.717, 1.165) is 4.47 Å². The first-order chi connectivity index (χ1) is 10.6. The number of aromatic nitrogens is 2. The average Bonchev–Trinajstić information content (AvgIpc) is 2.54. The zero-order valence-electron chi connectivity index (χ0n) is 11.5. The van der Waals surface area contributed by atoms with Crippen molar-refractivity contribution >= 4 is 45.2 Å². The van der Waals surface area contributed by atoms with Crippen molar-refractivity contribution in [1.82, 2.24) is 15.3 Å². The largest absolute Gasteiger partial charge is 0.346 e. The number of hydrogen-bond acceptors (Lipinski definition) is 5. The summed E-state index contributed by atoms with van der Waals surface area (Å²) in [6, 6.07) is 8.97. The predicted octanol–water partition coefficient (Wildman–Crippen LogP) is 2.09. The third-order valence-electron chi connectivity index (χ3n) is 2.47. The zero-order valence-corrected chi connectivity index (χ0v) is 13.9. The molecular weight excluding hydrogens is 368 g/mol. The number of nitrogens with one attached hydrogen (secondary N) is 2. The molecule has 114 valence electrons. The molecule has 0 saturated carbocycles. The molecule has 1 aromatic heterocycles. The Morgan fingerprint density at radius 3 is 2.55 bits per heavy atom. The quantitative estimate of drug-likeness (QED) is 0.591. The molecule has 0 unspecified atom stereocenters. The Kier molecular flexibility index (Phi) is 6.35. The zero-order chi connectivity index (χ0) is 15.8. The summed E-state index contributed by atoms with van der Waals surface area (Å²) in [7, 11) is 0. The van der Waals surface area contributed by atoms with Crippen molar-refractivity contribution in [2.24, 2.45) is 0 Å². The van der Waals surface area contributed by atoms with Crippen LogP contribution in [0.4, 0.5) is 5.69 Å². The predicted molar refractivity (Wildman–Crippen MR) is 88.5 cm³/mol. The first kappa shape index (κ1) is 16.4. The van der Waals surface area contributed by atoms with Gasteiger partial charge in [-0.05, 0) is 34.1 Å². The van der Waals surface area contributed by atoms with Crippen LogP contribution in [0.2, 0.25) is 0 Å². The van der Waals surface area contributed by atoms with E-state index < -0.39 is 0 Å². The smallest absolute Gasteiger partial charge is 0.243 e. The van der Waals surface area contributed by atoms with Crippen LogP contribution in [-0.4, -0.2) is 34.1 Å². The number of anilines is 1. The Balaban J connectivity index is 1.72. The summed E-state index contributed by atoms with van der Waals surface area (Å²) < 4.78 is 0.784. The van der Waals surface area contributed by atoms with Crippen molar-refractivity contribution in [2.75, 3.05) is 17.6 Å². The van der Waals surface area contributed by atoms with Gasteiger partial charge in [-0.3, -0.25) is 9.59 Å². The summed E-state index contributed by atoms with van der Waals surface area (Å²) in [5.74, 6) is -0.382. The van der Waals surface area contributed by atoms with E-state index >= 15 is 0 Å². The van der Waals surface area contributed by atoms with Crippen LogP contribution in [0.3, 0.4) is 0 Å². The molecule has 1 aromatic carbocycles. The second-order valence-corrected chi connectivity index (χ2v) is 5.92. The molecule has 0 spiro atoms. The Morgan fingerprint density at radius 1 is 1.09 bits per heavy atom. The number of carbonyl (C=O) groups excluding carboxylic acids is 2. The lowest BCUT2D eigenvalue weighted by molar-refractivity contribution is -0.122. The first-order valence-electron chi connectivity index (χ1n) is 6.36. The van der Waals surface area contributed by atoms with Gasteiger partial charge < -0.3 is 10.6 Å². The van der Waals surface area contributed by atoms with Gasteiger partial charge in [0.1, 0.15) is 0 Å². The molecule has 22 heavy (non-hydrogen) atoms. The molecule has 0 aliphatic rings. The van der Waals surface area contributed by atoms with Crippen molar-refractivity contribution in [1.29, 1.82) is 0 Å². The minimum absolute atomic E-state index is 0.0869. The highest BCUT2D eigenvalue weighted by molar-refractivity contribution is 9.10. The van der Waals surface area contributed by atoms with Gasteiger partial charge in [-0.15, -0.1) is 0 Å². The molecule has 0 aliphatic heterocycles. The minimum Gasteiger partial charge on any atom is -0.346 e. The fourth-order valence-electron chi connectivity index (χ4n) is 1.48. The molecular formula is C14H13BrN4O2S. The van der Waals surface area contributed by atoms with E-state index in [2.05, 4.69) is 36.5 Å². The van der Waals surface area contributed by atoms with E-state index in [1.54, 1.807) is 24.5 Å². The summed E-state index contributed by atoms with van der Waals surface area (Å²) in [4.78, 5) is 31.4. The number of rotatable bonds is 6. The molecule has 2 amide bonds. The van der Waals surface area contributed by atoms with Gasteiger partial charge in [0.15, 0.2) is 5.16 Å². The lowest BCUT2D eigenvalue weighted by Crippen LogP contribution is -2.34. The van der Waals surface area contributed by atoms with Crippen LogP contribution in [-0.2, 0) is 9.59 Å². The van der Waals surface area contributed by atoms with E-state index in [1.807, 2.05) is 18.2 Å². The second kappa shape index (κ2) is 8.50. The van der Waals surface area contributed by atoms with Crippen LogP contribution in [0.5, 0.6) is 0 Å². The highest BCUT2D eigenvalue weighted by Gasteiger charge is 2.08. The third kappa shape index (κ3) is 5.45. The van der Waals surface area contributed by atoms with E-state index in [4.69, 9.17) is 0 Å². The number of thioether (sulfide) groups is 1. The Hall–Kier alpha value is -1.93. The van der Waals surface area contributed by atoms with Gasteiger partial charge in [0.25, 0.3) is 0 Å². The fourth-order valence-corrected chi connectivity index (χ4v) is 2.49. The molecule has 6 nitrogen and oxygen atoms in total. The van der Waals surface area contributed by atoms with Crippen LogP contribution >= 0.6 is 27.7 Å². The van der Waals surface area contributed by atoms with Crippen molar-refractivity contribution in [2.45, 2.75) is 5.16 Å². The number of hydrogen-bond donors (Lipinski definition) is 2. The lowest BCUT2D eigenvalue weighted by atomic mass is 10.3. The number of nitrogens with zero attached hydrogens (tertiary/aromatic N) is 2. The van der Waals surface area contributed by atoms with Gasteiger partial charge in [-0.2, -0.15) is 0 Å². The highest BCUT2D eigenvalue weighted by Crippen LogP contribution is 2.20. The van der Waals surface area contributed by atoms with Crippen molar-refractivity contribution in [3.05, 3.63) is 47.2 Å². The molecule has 2 aromatic rings. The maximum atomic E-state index is 11.8. The van der Waals surface area contributed by atoms with Gasteiger partial charge in [0.05, 0.1) is 18.0 Å². The third-order valence-corrected chi connectivity index (χ3v) is 4.04. The summed E-state index contributed by atoms with van der Waals surface area (Å²) in [6.45, 7) is -0.0869. The van der Waals surface area contributed by atoms with Gasteiger partial charge >= 0.3 is 0 Å². The van der Waals surface area contributed by atoms with Crippen molar-refractivity contribution in [3.63, 3.8) is 0 Å². The SMILES string of the molecule is O=C(CSc1ncccn1)NCC(=O)Nc1ccccc1Br. The molecule has 2 rings (SSSR count). The van der Waals surface area contributed by atoms with Gasteiger partial charge in [0.2, 0.25) is 11.8 Å². The van der Waals surface area contributed by atoms with Crippen molar-refractivity contribution < 1.29 is 9.59 Å². The van der Waals surface area contributed by atoms with E-state index in [9.17, 15) is 9.59 Å². The van der Waals surface area contributed by atoms with Crippen molar-refractivity contribution in [3.8, 4) is 0 Å². The van der Waals surface area contributed by atoms with Crippen LogP contribution in [0.25, 0.3) is 0 Å². The number of amides is 2. The average molecular weight is 381 g/mol. The van der Waals surface area contributed by atoms with Gasteiger partial charge in [0, 0.05) is 16.9 Å². The molecule has 1 heterocycles. The van der Waals surface area contributed by atoms with E-state index in [1.165, 1.54) is 11.8 Å². The van der Waals surface area contributed by atoms with E-state index in [-0.39, 0.29) is 24.1 Å². The first-order valence-corrected chi connectivity index (χ1v) is 8.14. The summed E-state index contributed by atoms with van der Waals surface area (Å²) in [5.41, 5.74) is 0.661. The molecule has 0 aliphatic carbocycles. The Bertz CT molecular complexity index is 654. The van der Waals surface area contributed by atoms with E-state index in [0.29, 0.717) is 10.8 Å². The normalized spacial score (nSPS) is 10.0. The van der Waals surface area contributed by atoms with Gasteiger partial charge in [-0.1, -0.05) is 23.9 Å². The van der Waals surface area contributed by atoms with Gasteiger partial charge in [-0.25, -0.2) is 9.97 Å². The maximum absolute atomic E-state index is 11.8.